The summed E-state index contributed by atoms with van der Waals surface area (Å²) in [6, 6.07) is 5.39. The lowest BCUT2D eigenvalue weighted by molar-refractivity contribution is 0.0972. The van der Waals surface area contributed by atoms with Gasteiger partial charge in [-0.05, 0) is 25.2 Å². The summed E-state index contributed by atoms with van der Waals surface area (Å²) in [5.74, 6) is 1.41. The van der Waals surface area contributed by atoms with Crippen molar-refractivity contribution in [2.75, 3.05) is 20.8 Å². The molecule has 1 atom stereocenters. The van der Waals surface area contributed by atoms with Crippen LogP contribution in [0.4, 0.5) is 0 Å². The van der Waals surface area contributed by atoms with E-state index >= 15 is 0 Å². The molecule has 1 aromatic rings. The number of carbonyl (C=O) groups excluding carboxylic acids is 1. The molecule has 0 spiro atoms. The van der Waals surface area contributed by atoms with E-state index < -0.39 is 0 Å². The Kier molecular flexibility index (Phi) is 4.78. The highest BCUT2D eigenvalue weighted by Gasteiger charge is 2.22. The largest absolute Gasteiger partial charge is 0.497 e. The van der Waals surface area contributed by atoms with Gasteiger partial charge in [-0.3, -0.25) is 4.79 Å². The highest BCUT2D eigenvalue weighted by atomic mass is 35.5. The molecule has 0 bridgehead atoms. The van der Waals surface area contributed by atoms with E-state index in [-0.39, 0.29) is 24.2 Å². The van der Waals surface area contributed by atoms with Gasteiger partial charge in [0, 0.05) is 12.5 Å². The van der Waals surface area contributed by atoms with Crippen molar-refractivity contribution in [1.82, 2.24) is 5.32 Å². The number of methoxy groups -OCH3 is 1. The summed E-state index contributed by atoms with van der Waals surface area (Å²) in [5.41, 5.74) is 0.608. The van der Waals surface area contributed by atoms with Gasteiger partial charge < -0.3 is 14.8 Å². The van der Waals surface area contributed by atoms with E-state index in [1.165, 1.54) is 0 Å². The van der Waals surface area contributed by atoms with Crippen molar-refractivity contribution in [1.29, 1.82) is 0 Å². The maximum Gasteiger partial charge on any atom is 0.168 e. The molecule has 1 aliphatic heterocycles. The van der Waals surface area contributed by atoms with Gasteiger partial charge in [-0.2, -0.15) is 0 Å². The van der Waals surface area contributed by atoms with Crippen LogP contribution in [0, 0.1) is 0 Å². The molecule has 0 amide bonds. The average Bonchev–Trinajstić information content (AvgIpc) is 2.48. The van der Waals surface area contributed by atoms with Gasteiger partial charge in [0.25, 0.3) is 0 Å². The summed E-state index contributed by atoms with van der Waals surface area (Å²) >= 11 is 0. The predicted molar refractivity (Wildman–Crippen MR) is 67.5 cm³/mol. The molecule has 1 aromatic carbocycles. The zero-order valence-electron chi connectivity index (χ0n) is 9.86. The minimum Gasteiger partial charge on any atom is -0.497 e. The van der Waals surface area contributed by atoms with Gasteiger partial charge in [0.2, 0.25) is 0 Å². The Morgan fingerprint density at radius 3 is 2.88 bits per heavy atom. The van der Waals surface area contributed by atoms with Gasteiger partial charge in [0.1, 0.15) is 18.1 Å². The van der Waals surface area contributed by atoms with Crippen molar-refractivity contribution in [3.8, 4) is 11.5 Å². The lowest BCUT2D eigenvalue weighted by atomic mass is 10.0. The lowest BCUT2D eigenvalue weighted by Gasteiger charge is -2.11. The van der Waals surface area contributed by atoms with Crippen molar-refractivity contribution in [2.45, 2.75) is 12.5 Å². The molecule has 1 unspecified atom stereocenters. The van der Waals surface area contributed by atoms with Gasteiger partial charge in [0.05, 0.1) is 12.7 Å². The maximum atomic E-state index is 12.0. The number of likely N-dealkylation sites (N-methyl/N-ethyl adjacent to an activating group) is 1. The fourth-order valence-corrected chi connectivity index (χ4v) is 1.75. The first-order chi connectivity index (χ1) is 7.74. The van der Waals surface area contributed by atoms with E-state index in [9.17, 15) is 4.79 Å². The number of hydrogen-bond acceptors (Lipinski definition) is 4. The Hall–Kier alpha value is -1.26. The van der Waals surface area contributed by atoms with E-state index in [1.807, 2.05) is 7.05 Å². The van der Waals surface area contributed by atoms with Crippen LogP contribution < -0.4 is 14.8 Å². The number of hydrogen-bond donors (Lipinski definition) is 1. The molecule has 0 aromatic heterocycles. The third-order valence-corrected chi connectivity index (χ3v) is 2.77. The van der Waals surface area contributed by atoms with Crippen LogP contribution in [0.15, 0.2) is 18.2 Å². The first-order valence-corrected chi connectivity index (χ1v) is 5.26. The van der Waals surface area contributed by atoms with Gasteiger partial charge in [-0.25, -0.2) is 0 Å². The minimum absolute atomic E-state index is 0. The number of fused-ring (bicyclic) bond motifs is 1. The molecular weight excluding hydrogens is 242 g/mol. The number of Topliss-reactive ketones (excluding diaryl/α,β-unsaturated/α-hetero) is 1. The van der Waals surface area contributed by atoms with Crippen LogP contribution in [0.3, 0.4) is 0 Å². The van der Waals surface area contributed by atoms with E-state index in [0.717, 1.165) is 0 Å². The van der Waals surface area contributed by atoms with Gasteiger partial charge in [-0.1, -0.05) is 0 Å². The normalized spacial score (nSPS) is 18.5. The molecule has 94 valence electrons. The van der Waals surface area contributed by atoms with E-state index in [0.29, 0.717) is 30.1 Å². The molecule has 0 radical (unpaired) electrons. The number of ether oxygens (including phenoxy) is 2. The van der Waals surface area contributed by atoms with Crippen molar-refractivity contribution in [3.63, 3.8) is 0 Å². The Bertz CT molecular complexity index is 409. The summed E-state index contributed by atoms with van der Waals surface area (Å²) in [5, 5.41) is 3.06. The lowest BCUT2D eigenvalue weighted by Crippen LogP contribution is -2.32. The Balaban J connectivity index is 0.00000144. The number of ketones is 1. The number of rotatable bonds is 2. The Labute approximate surface area is 107 Å². The van der Waals surface area contributed by atoms with Crippen LogP contribution in [-0.2, 0) is 0 Å². The predicted octanol–water partition coefficient (Wildman–Crippen LogP) is 1.67. The molecule has 1 heterocycles. The molecule has 0 aliphatic carbocycles. The second kappa shape index (κ2) is 5.89. The zero-order chi connectivity index (χ0) is 11.5. The third kappa shape index (κ3) is 2.90. The summed E-state index contributed by atoms with van der Waals surface area (Å²) in [6.45, 7) is 0.515. The summed E-state index contributed by atoms with van der Waals surface area (Å²) in [7, 11) is 3.41. The van der Waals surface area contributed by atoms with Crippen molar-refractivity contribution in [2.24, 2.45) is 0 Å². The van der Waals surface area contributed by atoms with Crippen LogP contribution in [0.5, 0.6) is 11.5 Å². The van der Waals surface area contributed by atoms with Crippen molar-refractivity contribution < 1.29 is 14.3 Å². The number of halogens is 1. The zero-order valence-corrected chi connectivity index (χ0v) is 10.7. The molecule has 4 nitrogen and oxygen atoms in total. The molecule has 0 saturated heterocycles. The van der Waals surface area contributed by atoms with Gasteiger partial charge in [0.15, 0.2) is 5.78 Å². The van der Waals surface area contributed by atoms with E-state index in [1.54, 1.807) is 25.3 Å². The van der Waals surface area contributed by atoms with Crippen LogP contribution in [0.2, 0.25) is 0 Å². The second-order valence-corrected chi connectivity index (χ2v) is 3.79. The molecule has 1 N–H and O–H groups in total. The summed E-state index contributed by atoms with van der Waals surface area (Å²) in [4.78, 5) is 12.0. The van der Waals surface area contributed by atoms with E-state index in [4.69, 9.17) is 9.47 Å². The monoisotopic (exact) mass is 257 g/mol. The Morgan fingerprint density at radius 2 is 2.24 bits per heavy atom. The molecule has 0 saturated carbocycles. The van der Waals surface area contributed by atoms with Crippen LogP contribution in [0.25, 0.3) is 0 Å². The smallest absolute Gasteiger partial charge is 0.168 e. The molecule has 17 heavy (non-hydrogen) atoms. The quantitative estimate of drug-likeness (QED) is 0.876. The standard InChI is InChI=1S/C12H15NO3.ClH/c1-13-8-5-11(14)10-6-9(15-2)3-4-12(10)16-7-8;/h3-4,6,8,13H,5,7H2,1-2H3;1H. The Morgan fingerprint density at radius 1 is 1.47 bits per heavy atom. The number of carbonyl (C=O) groups is 1. The fraction of sp³-hybridized carbons (Fsp3) is 0.417. The minimum atomic E-state index is 0. The number of nitrogens with one attached hydrogen (secondary N) is 1. The van der Waals surface area contributed by atoms with Crippen molar-refractivity contribution in [3.05, 3.63) is 23.8 Å². The van der Waals surface area contributed by atoms with E-state index in [2.05, 4.69) is 5.32 Å². The fourth-order valence-electron chi connectivity index (χ4n) is 1.75. The highest BCUT2D eigenvalue weighted by molar-refractivity contribution is 5.99. The molecule has 0 fully saturated rings. The number of benzene rings is 1. The van der Waals surface area contributed by atoms with Crippen molar-refractivity contribution >= 4 is 18.2 Å². The molecular formula is C12H16ClNO3. The van der Waals surface area contributed by atoms with Crippen LogP contribution in [-0.4, -0.2) is 32.6 Å². The SMILES string of the molecule is CNC1COc2ccc(OC)cc2C(=O)C1.Cl. The first kappa shape index (κ1) is 13.8. The third-order valence-electron chi connectivity index (χ3n) is 2.77. The molecule has 1 aliphatic rings. The van der Waals surface area contributed by atoms with Crippen LogP contribution in [0.1, 0.15) is 16.8 Å². The van der Waals surface area contributed by atoms with Crippen LogP contribution >= 0.6 is 12.4 Å². The van der Waals surface area contributed by atoms with Gasteiger partial charge >= 0.3 is 0 Å². The topological polar surface area (TPSA) is 47.6 Å². The highest BCUT2D eigenvalue weighted by Crippen LogP contribution is 2.28. The first-order valence-electron chi connectivity index (χ1n) is 5.26. The second-order valence-electron chi connectivity index (χ2n) is 3.79. The summed E-state index contributed by atoms with van der Waals surface area (Å²) in [6.07, 6.45) is 0.455. The summed E-state index contributed by atoms with van der Waals surface area (Å²) < 4.78 is 10.7. The molecule has 5 heteroatoms. The molecule has 2 rings (SSSR count). The van der Waals surface area contributed by atoms with Gasteiger partial charge in [-0.15, -0.1) is 12.4 Å². The average molecular weight is 258 g/mol. The maximum absolute atomic E-state index is 12.0.